The van der Waals surface area contributed by atoms with E-state index in [2.05, 4.69) is 45.0 Å². The van der Waals surface area contributed by atoms with Gasteiger partial charge >= 0.3 is 0 Å². The van der Waals surface area contributed by atoms with Crippen molar-refractivity contribution in [2.75, 3.05) is 13.1 Å². The molecule has 0 N–H and O–H groups in total. The lowest BCUT2D eigenvalue weighted by molar-refractivity contribution is -0.130. The van der Waals surface area contributed by atoms with Crippen molar-refractivity contribution in [2.24, 2.45) is 0 Å². The third kappa shape index (κ3) is 4.33. The normalized spacial score (nSPS) is 11.1. The van der Waals surface area contributed by atoms with Gasteiger partial charge in [-0.15, -0.1) is 0 Å². The number of benzene rings is 1. The molecule has 0 aliphatic heterocycles. The summed E-state index contributed by atoms with van der Waals surface area (Å²) in [5.41, 5.74) is 4.74. The number of nitrogens with zero attached hydrogens (tertiary/aromatic N) is 3. The molecule has 1 aromatic carbocycles. The smallest absolute Gasteiger partial charge is 0.228 e. The predicted molar refractivity (Wildman–Crippen MR) is 111 cm³/mol. The van der Waals surface area contributed by atoms with Crippen LogP contribution in [-0.2, 0) is 11.2 Å². The highest BCUT2D eigenvalue weighted by atomic mass is 35.5. The molecule has 0 aliphatic rings. The third-order valence-corrected chi connectivity index (χ3v) is 4.89. The molecular weight excluding hydrogens is 358 g/mol. The number of aromatic nitrogens is 2. The Hall–Kier alpha value is -2.33. The fourth-order valence-corrected chi connectivity index (χ4v) is 3.50. The van der Waals surface area contributed by atoms with Gasteiger partial charge in [-0.2, -0.15) is 0 Å². The SMILES string of the molecule is CCCN(CCC)C(=O)Cc1c(-c2ccc(C)cc2)nc2ccc(Cl)cn12. The number of carbonyl (C=O) groups is 1. The maximum Gasteiger partial charge on any atom is 0.228 e. The van der Waals surface area contributed by atoms with Crippen LogP contribution in [0.1, 0.15) is 37.9 Å². The third-order valence-electron chi connectivity index (χ3n) is 4.66. The number of fused-ring (bicyclic) bond motifs is 1. The van der Waals surface area contributed by atoms with E-state index in [-0.39, 0.29) is 5.91 Å². The Balaban J connectivity index is 2.06. The van der Waals surface area contributed by atoms with E-state index in [1.54, 1.807) is 0 Å². The van der Waals surface area contributed by atoms with Crippen molar-refractivity contribution < 1.29 is 4.79 Å². The minimum atomic E-state index is 0.133. The van der Waals surface area contributed by atoms with Crippen molar-refractivity contribution in [1.82, 2.24) is 14.3 Å². The number of imidazole rings is 1. The summed E-state index contributed by atoms with van der Waals surface area (Å²) in [6.07, 6.45) is 4.06. The van der Waals surface area contributed by atoms with Crippen LogP contribution in [0.2, 0.25) is 5.02 Å². The quantitative estimate of drug-likeness (QED) is 0.565. The van der Waals surface area contributed by atoms with Crippen LogP contribution >= 0.6 is 11.6 Å². The van der Waals surface area contributed by atoms with E-state index in [4.69, 9.17) is 16.6 Å². The van der Waals surface area contributed by atoms with Crippen molar-refractivity contribution in [3.05, 3.63) is 58.9 Å². The lowest BCUT2D eigenvalue weighted by Gasteiger charge is -2.21. The summed E-state index contributed by atoms with van der Waals surface area (Å²) < 4.78 is 1.95. The Morgan fingerprint density at radius 3 is 2.37 bits per heavy atom. The predicted octanol–water partition coefficient (Wildman–Crippen LogP) is 5.15. The Morgan fingerprint density at radius 1 is 1.07 bits per heavy atom. The Kier molecular flexibility index (Phi) is 6.17. The van der Waals surface area contributed by atoms with Crippen molar-refractivity contribution in [3.8, 4) is 11.3 Å². The topological polar surface area (TPSA) is 37.6 Å². The summed E-state index contributed by atoms with van der Waals surface area (Å²) in [6.45, 7) is 7.82. The van der Waals surface area contributed by atoms with Gasteiger partial charge in [-0.25, -0.2) is 4.98 Å². The minimum absolute atomic E-state index is 0.133. The number of hydrogen-bond donors (Lipinski definition) is 0. The molecule has 0 aliphatic carbocycles. The maximum absolute atomic E-state index is 13.0. The molecule has 27 heavy (non-hydrogen) atoms. The molecule has 2 heterocycles. The monoisotopic (exact) mass is 383 g/mol. The second-order valence-electron chi connectivity index (χ2n) is 6.91. The molecule has 0 spiro atoms. The van der Waals surface area contributed by atoms with E-state index >= 15 is 0 Å². The average Bonchev–Trinajstić information content (AvgIpc) is 3.00. The molecule has 3 aromatic rings. The fourth-order valence-electron chi connectivity index (χ4n) is 3.34. The molecule has 0 saturated heterocycles. The number of amides is 1. The van der Waals surface area contributed by atoms with Crippen LogP contribution in [-0.4, -0.2) is 33.3 Å². The van der Waals surface area contributed by atoms with Crippen LogP contribution in [0.3, 0.4) is 0 Å². The van der Waals surface area contributed by atoms with Gasteiger partial charge in [-0.1, -0.05) is 55.3 Å². The second-order valence-corrected chi connectivity index (χ2v) is 7.34. The zero-order chi connectivity index (χ0) is 19.4. The average molecular weight is 384 g/mol. The Morgan fingerprint density at radius 2 is 1.74 bits per heavy atom. The van der Waals surface area contributed by atoms with E-state index in [9.17, 15) is 4.79 Å². The first-order valence-electron chi connectivity index (χ1n) is 9.54. The molecule has 4 nitrogen and oxygen atoms in total. The van der Waals surface area contributed by atoms with Crippen molar-refractivity contribution in [1.29, 1.82) is 0 Å². The maximum atomic E-state index is 13.0. The number of hydrogen-bond acceptors (Lipinski definition) is 2. The molecule has 0 unspecified atom stereocenters. The summed E-state index contributed by atoms with van der Waals surface area (Å²) in [7, 11) is 0. The van der Waals surface area contributed by atoms with Gasteiger partial charge in [-0.05, 0) is 31.9 Å². The first kappa shape index (κ1) is 19.4. The first-order chi connectivity index (χ1) is 13.0. The summed E-state index contributed by atoms with van der Waals surface area (Å²) in [5.74, 6) is 0.133. The molecule has 3 rings (SSSR count). The number of halogens is 1. The zero-order valence-corrected chi connectivity index (χ0v) is 17.0. The minimum Gasteiger partial charge on any atom is -0.342 e. The van der Waals surface area contributed by atoms with Gasteiger partial charge in [0.25, 0.3) is 0 Å². The summed E-state index contributed by atoms with van der Waals surface area (Å²) >= 11 is 6.22. The molecule has 0 saturated carbocycles. The molecule has 0 fully saturated rings. The van der Waals surface area contributed by atoms with Gasteiger partial charge in [-0.3, -0.25) is 4.79 Å². The van der Waals surface area contributed by atoms with Gasteiger partial charge in [0.15, 0.2) is 0 Å². The van der Waals surface area contributed by atoms with Crippen LogP contribution in [0.25, 0.3) is 16.9 Å². The number of aryl methyl sites for hydroxylation is 1. The fraction of sp³-hybridized carbons (Fsp3) is 0.364. The summed E-state index contributed by atoms with van der Waals surface area (Å²) in [6, 6.07) is 12.0. The van der Waals surface area contributed by atoms with Crippen LogP contribution in [0.4, 0.5) is 0 Å². The largest absolute Gasteiger partial charge is 0.342 e. The van der Waals surface area contributed by atoms with E-state index in [0.29, 0.717) is 11.4 Å². The second kappa shape index (κ2) is 8.57. The van der Waals surface area contributed by atoms with Crippen molar-refractivity contribution >= 4 is 23.2 Å². The zero-order valence-electron chi connectivity index (χ0n) is 16.2. The van der Waals surface area contributed by atoms with Crippen LogP contribution in [0.15, 0.2) is 42.6 Å². The van der Waals surface area contributed by atoms with Gasteiger partial charge in [0.1, 0.15) is 5.65 Å². The van der Waals surface area contributed by atoms with E-state index in [0.717, 1.165) is 48.5 Å². The molecule has 0 radical (unpaired) electrons. The highest BCUT2D eigenvalue weighted by Gasteiger charge is 2.20. The molecule has 0 atom stereocenters. The highest BCUT2D eigenvalue weighted by molar-refractivity contribution is 6.30. The number of carbonyl (C=O) groups excluding carboxylic acids is 1. The molecule has 0 bridgehead atoms. The van der Waals surface area contributed by atoms with Crippen molar-refractivity contribution in [2.45, 2.75) is 40.0 Å². The molecule has 142 valence electrons. The molecular formula is C22H26ClN3O. The lowest BCUT2D eigenvalue weighted by atomic mass is 10.1. The summed E-state index contributed by atoms with van der Waals surface area (Å²) in [5, 5.41) is 0.628. The van der Waals surface area contributed by atoms with E-state index in [1.807, 2.05) is 27.6 Å². The Bertz CT molecular complexity index is 925. The van der Waals surface area contributed by atoms with E-state index < -0.39 is 0 Å². The van der Waals surface area contributed by atoms with Crippen LogP contribution in [0, 0.1) is 6.92 Å². The van der Waals surface area contributed by atoms with Crippen LogP contribution < -0.4 is 0 Å². The standard InChI is InChI=1S/C22H26ClN3O/c1-4-12-25(13-5-2)21(27)14-19-22(17-8-6-16(3)7-9-17)24-20-11-10-18(23)15-26(19)20/h6-11,15H,4-5,12-14H2,1-3H3. The van der Waals surface area contributed by atoms with Crippen molar-refractivity contribution in [3.63, 3.8) is 0 Å². The van der Waals surface area contributed by atoms with Gasteiger partial charge in [0.05, 0.1) is 22.8 Å². The first-order valence-corrected chi connectivity index (χ1v) is 9.92. The molecule has 5 heteroatoms. The van der Waals surface area contributed by atoms with Gasteiger partial charge in [0.2, 0.25) is 5.91 Å². The van der Waals surface area contributed by atoms with E-state index in [1.165, 1.54) is 5.56 Å². The highest BCUT2D eigenvalue weighted by Crippen LogP contribution is 2.27. The van der Waals surface area contributed by atoms with Gasteiger partial charge in [0, 0.05) is 24.8 Å². The number of rotatable bonds is 7. The molecule has 1 amide bonds. The summed E-state index contributed by atoms with van der Waals surface area (Å²) in [4.78, 5) is 19.7. The Labute approximate surface area is 165 Å². The molecule has 2 aromatic heterocycles. The number of pyridine rings is 1. The van der Waals surface area contributed by atoms with Gasteiger partial charge < -0.3 is 9.30 Å². The van der Waals surface area contributed by atoms with Crippen LogP contribution in [0.5, 0.6) is 0 Å². The lowest BCUT2D eigenvalue weighted by Crippen LogP contribution is -2.34.